The normalized spacial score (nSPS) is 14.2. The van der Waals surface area contributed by atoms with E-state index in [1.54, 1.807) is 7.11 Å². The van der Waals surface area contributed by atoms with E-state index >= 15 is 0 Å². The molecule has 0 saturated carbocycles. The highest BCUT2D eigenvalue weighted by atomic mass is 127. The van der Waals surface area contributed by atoms with Gasteiger partial charge in [-0.25, -0.2) is 4.99 Å². The summed E-state index contributed by atoms with van der Waals surface area (Å²) in [6.45, 7) is 7.97. The molecule has 146 valence electrons. The molecule has 1 aromatic rings. The van der Waals surface area contributed by atoms with Gasteiger partial charge in [-0.2, -0.15) is 0 Å². The Labute approximate surface area is 173 Å². The Bertz CT molecular complexity index is 607. The van der Waals surface area contributed by atoms with E-state index in [-0.39, 0.29) is 29.9 Å². The van der Waals surface area contributed by atoms with Gasteiger partial charge in [0, 0.05) is 38.2 Å². The van der Waals surface area contributed by atoms with Gasteiger partial charge in [0.2, 0.25) is 5.91 Å². The van der Waals surface area contributed by atoms with Crippen molar-refractivity contribution in [1.29, 1.82) is 0 Å². The maximum Gasteiger partial charge on any atom is 0.222 e. The van der Waals surface area contributed by atoms with E-state index < -0.39 is 0 Å². The van der Waals surface area contributed by atoms with Crippen molar-refractivity contribution in [3.8, 4) is 5.75 Å². The summed E-state index contributed by atoms with van der Waals surface area (Å²) in [6, 6.07) is 6.15. The van der Waals surface area contributed by atoms with Gasteiger partial charge in [0.25, 0.3) is 0 Å². The third-order valence-electron chi connectivity index (χ3n) is 4.26. The van der Waals surface area contributed by atoms with Gasteiger partial charge in [-0.3, -0.25) is 4.79 Å². The fraction of sp³-hybridized carbons (Fsp3) is 0.579. The number of likely N-dealkylation sites (tertiary alicyclic amines) is 1. The SMILES string of the molecule is CCNC(=NCc1ccc(C)cc1OC)NCCCN1CCCC1=O.I. The van der Waals surface area contributed by atoms with Gasteiger partial charge in [0.1, 0.15) is 5.75 Å². The van der Waals surface area contributed by atoms with Crippen molar-refractivity contribution in [1.82, 2.24) is 15.5 Å². The van der Waals surface area contributed by atoms with E-state index in [1.165, 1.54) is 5.56 Å². The number of nitrogens with one attached hydrogen (secondary N) is 2. The molecule has 0 bridgehead atoms. The van der Waals surface area contributed by atoms with E-state index in [4.69, 9.17) is 4.74 Å². The fourth-order valence-electron chi connectivity index (χ4n) is 2.91. The van der Waals surface area contributed by atoms with E-state index in [9.17, 15) is 4.79 Å². The Kier molecular flexibility index (Phi) is 10.4. The summed E-state index contributed by atoms with van der Waals surface area (Å²) in [5.74, 6) is 1.94. The number of benzene rings is 1. The second kappa shape index (κ2) is 12.0. The zero-order valence-electron chi connectivity index (χ0n) is 16.0. The van der Waals surface area contributed by atoms with Crippen molar-refractivity contribution in [3.05, 3.63) is 29.3 Å². The molecule has 2 N–H and O–H groups in total. The molecule has 6 nitrogen and oxygen atoms in total. The molecular formula is C19H31IN4O2. The molecule has 0 radical (unpaired) electrons. The number of hydrogen-bond acceptors (Lipinski definition) is 3. The molecule has 26 heavy (non-hydrogen) atoms. The monoisotopic (exact) mass is 474 g/mol. The first-order chi connectivity index (χ1) is 12.1. The summed E-state index contributed by atoms with van der Waals surface area (Å²) in [5, 5.41) is 6.60. The van der Waals surface area contributed by atoms with Crippen LogP contribution in [-0.2, 0) is 11.3 Å². The Hall–Kier alpha value is -1.51. The third kappa shape index (κ3) is 7.01. The minimum Gasteiger partial charge on any atom is -0.496 e. The number of hydrogen-bond donors (Lipinski definition) is 2. The number of amides is 1. The van der Waals surface area contributed by atoms with Crippen LogP contribution in [0.2, 0.25) is 0 Å². The largest absolute Gasteiger partial charge is 0.496 e. The quantitative estimate of drug-likeness (QED) is 0.263. The maximum absolute atomic E-state index is 11.6. The molecule has 0 unspecified atom stereocenters. The molecule has 1 saturated heterocycles. The molecule has 0 atom stereocenters. The molecule has 0 aliphatic carbocycles. The molecule has 1 fully saturated rings. The maximum atomic E-state index is 11.6. The van der Waals surface area contributed by atoms with Gasteiger partial charge in [0.15, 0.2) is 5.96 Å². The van der Waals surface area contributed by atoms with Gasteiger partial charge in [-0.15, -0.1) is 24.0 Å². The minimum atomic E-state index is 0. The number of carbonyl (C=O) groups excluding carboxylic acids is 1. The third-order valence-corrected chi connectivity index (χ3v) is 4.26. The van der Waals surface area contributed by atoms with Crippen molar-refractivity contribution in [3.63, 3.8) is 0 Å². The number of methoxy groups -OCH3 is 1. The molecule has 1 aromatic carbocycles. The van der Waals surface area contributed by atoms with Gasteiger partial charge in [0.05, 0.1) is 13.7 Å². The zero-order chi connectivity index (χ0) is 18.1. The molecule has 1 aliphatic heterocycles. The average molecular weight is 474 g/mol. The van der Waals surface area contributed by atoms with Crippen LogP contribution >= 0.6 is 24.0 Å². The molecule has 2 rings (SSSR count). The lowest BCUT2D eigenvalue weighted by atomic mass is 10.1. The van der Waals surface area contributed by atoms with Crippen LogP contribution in [0.3, 0.4) is 0 Å². The van der Waals surface area contributed by atoms with E-state index in [2.05, 4.69) is 27.8 Å². The molecular weight excluding hydrogens is 443 g/mol. The van der Waals surface area contributed by atoms with Crippen molar-refractivity contribution >= 4 is 35.8 Å². The predicted octanol–water partition coefficient (Wildman–Crippen LogP) is 2.69. The number of nitrogens with zero attached hydrogens (tertiary/aromatic N) is 2. The van der Waals surface area contributed by atoms with Crippen molar-refractivity contribution in [2.24, 2.45) is 4.99 Å². The Morgan fingerprint density at radius 1 is 1.35 bits per heavy atom. The topological polar surface area (TPSA) is 66.0 Å². The second-order valence-corrected chi connectivity index (χ2v) is 6.28. The van der Waals surface area contributed by atoms with Crippen LogP contribution in [0, 0.1) is 6.92 Å². The number of ether oxygens (including phenoxy) is 1. The van der Waals surface area contributed by atoms with Gasteiger partial charge >= 0.3 is 0 Å². The molecule has 1 amide bonds. The van der Waals surface area contributed by atoms with Crippen LogP contribution in [-0.4, -0.2) is 50.1 Å². The first-order valence-corrected chi connectivity index (χ1v) is 9.07. The first kappa shape index (κ1) is 22.5. The molecule has 0 aromatic heterocycles. The van der Waals surface area contributed by atoms with E-state index in [0.717, 1.165) is 56.3 Å². The first-order valence-electron chi connectivity index (χ1n) is 9.07. The molecule has 1 heterocycles. The number of rotatable bonds is 8. The second-order valence-electron chi connectivity index (χ2n) is 6.28. The van der Waals surface area contributed by atoms with Crippen LogP contribution in [0.1, 0.15) is 37.3 Å². The van der Waals surface area contributed by atoms with Crippen LogP contribution in [0.5, 0.6) is 5.75 Å². The Morgan fingerprint density at radius 3 is 2.81 bits per heavy atom. The zero-order valence-corrected chi connectivity index (χ0v) is 18.3. The standard InChI is InChI=1S/C19H30N4O2.HI/c1-4-20-19(21-10-6-12-23-11-5-7-18(23)24)22-14-16-9-8-15(2)13-17(16)25-3;/h8-9,13H,4-7,10-12,14H2,1-3H3,(H2,20,21,22);1H. The highest BCUT2D eigenvalue weighted by molar-refractivity contribution is 14.0. The number of aliphatic imine (C=N–C) groups is 1. The van der Waals surface area contributed by atoms with Crippen molar-refractivity contribution < 1.29 is 9.53 Å². The number of aryl methyl sites for hydroxylation is 1. The Morgan fingerprint density at radius 2 is 2.15 bits per heavy atom. The summed E-state index contributed by atoms with van der Waals surface area (Å²) in [7, 11) is 1.69. The predicted molar refractivity (Wildman–Crippen MR) is 116 cm³/mol. The molecule has 1 aliphatic rings. The summed E-state index contributed by atoms with van der Waals surface area (Å²) in [5.41, 5.74) is 2.24. The van der Waals surface area contributed by atoms with Crippen LogP contribution in [0.15, 0.2) is 23.2 Å². The number of guanidine groups is 1. The lowest BCUT2D eigenvalue weighted by Crippen LogP contribution is -2.39. The average Bonchev–Trinajstić information content (AvgIpc) is 3.02. The minimum absolute atomic E-state index is 0. The summed E-state index contributed by atoms with van der Waals surface area (Å²) < 4.78 is 5.44. The summed E-state index contributed by atoms with van der Waals surface area (Å²) in [6.07, 6.45) is 2.62. The summed E-state index contributed by atoms with van der Waals surface area (Å²) in [4.78, 5) is 18.2. The lowest BCUT2D eigenvalue weighted by molar-refractivity contribution is -0.127. The van der Waals surface area contributed by atoms with Gasteiger partial charge < -0.3 is 20.3 Å². The number of halogens is 1. The fourth-order valence-corrected chi connectivity index (χ4v) is 2.91. The highest BCUT2D eigenvalue weighted by Crippen LogP contribution is 2.20. The van der Waals surface area contributed by atoms with Gasteiger partial charge in [-0.05, 0) is 38.3 Å². The smallest absolute Gasteiger partial charge is 0.222 e. The summed E-state index contributed by atoms with van der Waals surface area (Å²) >= 11 is 0. The van der Waals surface area contributed by atoms with Crippen molar-refractivity contribution in [2.75, 3.05) is 33.3 Å². The van der Waals surface area contributed by atoms with Crippen molar-refractivity contribution in [2.45, 2.75) is 39.7 Å². The van der Waals surface area contributed by atoms with E-state index in [0.29, 0.717) is 13.0 Å². The Balaban J connectivity index is 0.00000338. The highest BCUT2D eigenvalue weighted by Gasteiger charge is 2.18. The van der Waals surface area contributed by atoms with E-state index in [1.807, 2.05) is 24.8 Å². The van der Waals surface area contributed by atoms with Crippen LogP contribution in [0.4, 0.5) is 0 Å². The molecule has 7 heteroatoms. The van der Waals surface area contributed by atoms with Gasteiger partial charge in [-0.1, -0.05) is 12.1 Å². The molecule has 0 spiro atoms. The number of carbonyl (C=O) groups is 1. The lowest BCUT2D eigenvalue weighted by Gasteiger charge is -2.16. The van der Waals surface area contributed by atoms with Crippen LogP contribution < -0.4 is 15.4 Å². The van der Waals surface area contributed by atoms with Crippen LogP contribution in [0.25, 0.3) is 0 Å².